The second kappa shape index (κ2) is 10.2. The Morgan fingerprint density at radius 2 is 1.88 bits per heavy atom. The van der Waals surface area contributed by atoms with Gasteiger partial charge in [0, 0.05) is 40.3 Å². The van der Waals surface area contributed by atoms with Crippen LogP contribution < -0.4 is 5.73 Å². The van der Waals surface area contributed by atoms with Gasteiger partial charge in [0.05, 0.1) is 0 Å². The van der Waals surface area contributed by atoms with E-state index in [1.165, 1.54) is 21.7 Å². The van der Waals surface area contributed by atoms with E-state index in [0.717, 1.165) is 23.8 Å². The highest BCUT2D eigenvalue weighted by atomic mass is 32.2. The lowest BCUT2D eigenvalue weighted by Crippen LogP contribution is -2.46. The number of rotatable bonds is 6. The summed E-state index contributed by atoms with van der Waals surface area (Å²) < 4.78 is 28.6. The summed E-state index contributed by atoms with van der Waals surface area (Å²) in [4.78, 5) is 19.5. The molecule has 0 saturated heterocycles. The minimum Gasteiger partial charge on any atom is -0.370 e. The first-order chi connectivity index (χ1) is 15.7. The van der Waals surface area contributed by atoms with Crippen LogP contribution >= 0.6 is 11.8 Å². The molecule has 2 N–H and O–H groups in total. The molecule has 1 unspecified atom stereocenters. The SMILES string of the molecule is CN=C(N)N(C)CCCC1(c2ccccc2)SC(c2cc(F)ccc2F)=NN1C(=O)N(C)C. The predicted octanol–water partition coefficient (Wildman–Crippen LogP) is 3.87. The number of urea groups is 1. The van der Waals surface area contributed by atoms with Crippen LogP contribution in [0.4, 0.5) is 13.6 Å². The van der Waals surface area contributed by atoms with E-state index in [2.05, 4.69) is 10.1 Å². The number of guanidine groups is 1. The number of hydrogen-bond donors (Lipinski definition) is 1. The molecule has 0 saturated carbocycles. The number of nitrogens with zero attached hydrogens (tertiary/aromatic N) is 5. The molecule has 0 spiro atoms. The van der Waals surface area contributed by atoms with Gasteiger partial charge < -0.3 is 15.5 Å². The molecular formula is C23H28F2N6OS. The number of carbonyl (C=O) groups excluding carboxylic acids is 1. The summed E-state index contributed by atoms with van der Waals surface area (Å²) in [5.74, 6) is -0.772. The van der Waals surface area contributed by atoms with Crippen LogP contribution in [0.15, 0.2) is 58.6 Å². The molecule has 176 valence electrons. The Morgan fingerprint density at radius 1 is 1.18 bits per heavy atom. The van der Waals surface area contributed by atoms with Crippen molar-refractivity contribution in [1.82, 2.24) is 14.8 Å². The summed E-state index contributed by atoms with van der Waals surface area (Å²) in [7, 11) is 6.72. The lowest BCUT2D eigenvalue weighted by molar-refractivity contribution is 0.137. The Morgan fingerprint density at radius 3 is 2.52 bits per heavy atom. The van der Waals surface area contributed by atoms with Gasteiger partial charge in [0.15, 0.2) is 5.96 Å². The largest absolute Gasteiger partial charge is 0.370 e. The number of nitrogens with two attached hydrogens (primary N) is 1. The first-order valence-electron chi connectivity index (χ1n) is 10.4. The number of benzene rings is 2. The summed E-state index contributed by atoms with van der Waals surface area (Å²) in [5.41, 5.74) is 6.75. The Balaban J connectivity index is 2.05. The fourth-order valence-electron chi connectivity index (χ4n) is 3.57. The molecule has 1 heterocycles. The first-order valence-corrected chi connectivity index (χ1v) is 11.2. The molecule has 1 atom stereocenters. The Kier molecular flexibility index (Phi) is 7.57. The summed E-state index contributed by atoms with van der Waals surface area (Å²) in [6.45, 7) is 0.589. The molecule has 0 bridgehead atoms. The first kappa shape index (κ1) is 24.5. The van der Waals surface area contributed by atoms with E-state index in [-0.39, 0.29) is 16.6 Å². The lowest BCUT2D eigenvalue weighted by atomic mass is 10.00. The van der Waals surface area contributed by atoms with E-state index in [1.807, 2.05) is 42.3 Å². The normalized spacial score (nSPS) is 18.3. The van der Waals surface area contributed by atoms with Crippen LogP contribution in [0.2, 0.25) is 0 Å². The molecule has 0 aromatic heterocycles. The van der Waals surface area contributed by atoms with E-state index in [0.29, 0.717) is 25.3 Å². The van der Waals surface area contributed by atoms with E-state index >= 15 is 0 Å². The van der Waals surface area contributed by atoms with Gasteiger partial charge in [0.25, 0.3) is 0 Å². The number of carbonyl (C=O) groups is 1. The molecule has 33 heavy (non-hydrogen) atoms. The molecular weight excluding hydrogens is 446 g/mol. The molecule has 0 radical (unpaired) electrons. The van der Waals surface area contributed by atoms with E-state index in [1.54, 1.807) is 21.1 Å². The van der Waals surface area contributed by atoms with Crippen LogP contribution in [0.5, 0.6) is 0 Å². The second-order valence-corrected chi connectivity index (χ2v) is 9.14. The molecule has 0 aliphatic carbocycles. The number of halogens is 2. The highest BCUT2D eigenvalue weighted by Crippen LogP contribution is 2.50. The fraction of sp³-hybridized carbons (Fsp3) is 0.348. The Hall–Kier alpha value is -3.14. The van der Waals surface area contributed by atoms with Crippen LogP contribution in [0.3, 0.4) is 0 Å². The third-order valence-electron chi connectivity index (χ3n) is 5.38. The van der Waals surface area contributed by atoms with Crippen molar-refractivity contribution in [3.63, 3.8) is 0 Å². The minimum absolute atomic E-state index is 0.0221. The lowest BCUT2D eigenvalue weighted by Gasteiger charge is -2.37. The third kappa shape index (κ3) is 5.11. The topological polar surface area (TPSA) is 77.5 Å². The molecule has 2 aromatic carbocycles. The van der Waals surface area contributed by atoms with Crippen molar-refractivity contribution in [3.05, 3.63) is 71.3 Å². The maximum Gasteiger partial charge on any atom is 0.341 e. The van der Waals surface area contributed by atoms with E-state index in [4.69, 9.17) is 5.73 Å². The summed E-state index contributed by atoms with van der Waals surface area (Å²) in [5, 5.41) is 6.14. The van der Waals surface area contributed by atoms with Gasteiger partial charge in [0.1, 0.15) is 21.5 Å². The molecule has 3 rings (SSSR count). The highest BCUT2D eigenvalue weighted by molar-refractivity contribution is 8.15. The van der Waals surface area contributed by atoms with Gasteiger partial charge in [-0.05, 0) is 36.6 Å². The number of hydrazone groups is 1. The molecule has 1 aliphatic rings. The van der Waals surface area contributed by atoms with Gasteiger partial charge in [-0.15, -0.1) is 0 Å². The van der Waals surface area contributed by atoms with Crippen molar-refractivity contribution in [2.24, 2.45) is 15.8 Å². The quantitative estimate of drug-likeness (QED) is 0.509. The summed E-state index contributed by atoms with van der Waals surface area (Å²) >= 11 is 1.25. The van der Waals surface area contributed by atoms with Crippen molar-refractivity contribution >= 4 is 28.8 Å². The van der Waals surface area contributed by atoms with E-state index < -0.39 is 16.5 Å². The number of amides is 2. The van der Waals surface area contributed by atoms with Gasteiger partial charge in [0.2, 0.25) is 0 Å². The molecule has 1 aliphatic heterocycles. The average molecular weight is 475 g/mol. The molecule has 7 nitrogen and oxygen atoms in total. The third-order valence-corrected chi connectivity index (χ3v) is 6.82. The van der Waals surface area contributed by atoms with Gasteiger partial charge in [-0.25, -0.2) is 13.6 Å². The zero-order chi connectivity index (χ0) is 24.2. The maximum atomic E-state index is 14.6. The Labute approximate surface area is 196 Å². The van der Waals surface area contributed by atoms with Crippen LogP contribution in [0.1, 0.15) is 24.0 Å². The minimum atomic E-state index is -0.949. The Bertz CT molecular complexity index is 1060. The monoisotopic (exact) mass is 474 g/mol. The van der Waals surface area contributed by atoms with Crippen LogP contribution in [0, 0.1) is 11.6 Å². The summed E-state index contributed by atoms with van der Waals surface area (Å²) in [6, 6.07) is 12.3. The smallest absolute Gasteiger partial charge is 0.341 e. The van der Waals surface area contributed by atoms with Crippen LogP contribution in [0.25, 0.3) is 0 Å². The zero-order valence-electron chi connectivity index (χ0n) is 19.1. The van der Waals surface area contributed by atoms with Crippen molar-refractivity contribution in [2.75, 3.05) is 34.7 Å². The van der Waals surface area contributed by atoms with Gasteiger partial charge >= 0.3 is 6.03 Å². The second-order valence-electron chi connectivity index (χ2n) is 7.88. The predicted molar refractivity (Wildman–Crippen MR) is 129 cm³/mol. The molecule has 0 fully saturated rings. The number of aliphatic imine (C=N–C) groups is 1. The van der Waals surface area contributed by atoms with Crippen molar-refractivity contribution < 1.29 is 13.6 Å². The highest BCUT2D eigenvalue weighted by Gasteiger charge is 2.49. The molecule has 2 aromatic rings. The van der Waals surface area contributed by atoms with Crippen LogP contribution in [-0.4, -0.2) is 66.6 Å². The standard InChI is InChI=1S/C23H28F2N6OS/c1-27-21(26)30(4)14-8-13-23(16-9-6-5-7-10-16)31(22(32)29(2)3)28-20(33-23)18-15-17(24)11-12-19(18)25/h5-7,9-12,15H,8,13-14H2,1-4H3,(H2,26,27). The maximum absolute atomic E-state index is 14.6. The zero-order valence-corrected chi connectivity index (χ0v) is 19.9. The average Bonchev–Trinajstić information content (AvgIpc) is 3.20. The van der Waals surface area contributed by atoms with Gasteiger partial charge in [-0.3, -0.25) is 4.99 Å². The summed E-state index contributed by atoms with van der Waals surface area (Å²) in [6.07, 6.45) is 1.13. The fourth-order valence-corrected chi connectivity index (χ4v) is 4.99. The molecule has 10 heteroatoms. The van der Waals surface area contributed by atoms with Gasteiger partial charge in [-0.1, -0.05) is 42.1 Å². The van der Waals surface area contributed by atoms with Crippen LogP contribution in [-0.2, 0) is 4.87 Å². The number of hydrogen-bond acceptors (Lipinski definition) is 4. The van der Waals surface area contributed by atoms with Crippen molar-refractivity contribution in [3.8, 4) is 0 Å². The van der Waals surface area contributed by atoms with E-state index in [9.17, 15) is 13.6 Å². The van der Waals surface area contributed by atoms with Crippen molar-refractivity contribution in [2.45, 2.75) is 17.7 Å². The van der Waals surface area contributed by atoms with Crippen molar-refractivity contribution in [1.29, 1.82) is 0 Å². The number of thioether (sulfide) groups is 1. The van der Waals surface area contributed by atoms with Gasteiger partial charge in [-0.2, -0.15) is 10.1 Å². The molecule has 2 amide bonds.